The lowest BCUT2D eigenvalue weighted by atomic mass is 10.1. The molecule has 5 nitrogen and oxygen atoms in total. The quantitative estimate of drug-likeness (QED) is 0.555. The molecule has 1 aromatic heterocycles. The third kappa shape index (κ3) is 4.23. The highest BCUT2D eigenvalue weighted by atomic mass is 32.2. The average Bonchev–Trinajstić information content (AvgIpc) is 3.17. The van der Waals surface area contributed by atoms with Crippen LogP contribution in [0.2, 0.25) is 0 Å². The molecule has 0 radical (unpaired) electrons. The summed E-state index contributed by atoms with van der Waals surface area (Å²) in [5.74, 6) is 2.56. The first-order valence-electron chi connectivity index (χ1n) is 9.66. The number of methoxy groups -OCH3 is 1. The van der Waals surface area contributed by atoms with E-state index in [2.05, 4.69) is 46.0 Å². The molecule has 0 saturated carbocycles. The van der Waals surface area contributed by atoms with E-state index in [0.717, 1.165) is 46.8 Å². The van der Waals surface area contributed by atoms with Gasteiger partial charge in [-0.1, -0.05) is 29.5 Å². The first-order valence-corrected chi connectivity index (χ1v) is 10.6. The first-order chi connectivity index (χ1) is 13.7. The molecule has 4 rings (SSSR count). The van der Waals surface area contributed by atoms with Crippen LogP contribution in [0.1, 0.15) is 24.8 Å². The third-order valence-corrected chi connectivity index (χ3v) is 6.01. The third-order valence-electron chi connectivity index (χ3n) is 4.95. The molecule has 6 heteroatoms. The number of ether oxygens (including phenoxy) is 2. The second-order valence-corrected chi connectivity index (χ2v) is 7.99. The van der Waals surface area contributed by atoms with Crippen molar-refractivity contribution < 1.29 is 9.47 Å². The van der Waals surface area contributed by atoms with Crippen LogP contribution in [0, 0.1) is 6.92 Å². The number of aromatic nitrogens is 3. The highest BCUT2D eigenvalue weighted by molar-refractivity contribution is 7.99. The van der Waals surface area contributed by atoms with Crippen molar-refractivity contribution in [1.82, 2.24) is 14.8 Å². The Labute approximate surface area is 170 Å². The number of hydrogen-bond acceptors (Lipinski definition) is 5. The van der Waals surface area contributed by atoms with Gasteiger partial charge < -0.3 is 9.47 Å². The van der Waals surface area contributed by atoms with Crippen LogP contribution >= 0.6 is 11.8 Å². The molecule has 2 heterocycles. The smallest absolute Gasteiger partial charge is 0.196 e. The highest BCUT2D eigenvalue weighted by Crippen LogP contribution is 2.30. The maximum absolute atomic E-state index is 5.89. The van der Waals surface area contributed by atoms with E-state index in [9.17, 15) is 0 Å². The fraction of sp³-hybridized carbons (Fsp3) is 0.364. The van der Waals surface area contributed by atoms with Crippen LogP contribution in [-0.2, 0) is 4.74 Å². The van der Waals surface area contributed by atoms with E-state index in [0.29, 0.717) is 6.10 Å². The van der Waals surface area contributed by atoms with Crippen LogP contribution in [-0.4, -0.2) is 40.3 Å². The summed E-state index contributed by atoms with van der Waals surface area (Å²) in [7, 11) is 1.67. The van der Waals surface area contributed by atoms with Gasteiger partial charge in [0.25, 0.3) is 0 Å². The minimum Gasteiger partial charge on any atom is -0.497 e. The molecule has 2 aromatic carbocycles. The second-order valence-electron chi connectivity index (χ2n) is 7.01. The van der Waals surface area contributed by atoms with Gasteiger partial charge in [-0.05, 0) is 62.6 Å². The van der Waals surface area contributed by atoms with Gasteiger partial charge in [0.15, 0.2) is 11.0 Å². The Balaban J connectivity index is 1.67. The second kappa shape index (κ2) is 8.80. The van der Waals surface area contributed by atoms with Gasteiger partial charge in [0.2, 0.25) is 0 Å². The van der Waals surface area contributed by atoms with E-state index in [4.69, 9.17) is 9.47 Å². The van der Waals surface area contributed by atoms with Gasteiger partial charge in [0.1, 0.15) is 5.75 Å². The summed E-state index contributed by atoms with van der Waals surface area (Å²) in [6.07, 6.45) is 3.83. The fourth-order valence-electron chi connectivity index (χ4n) is 3.32. The summed E-state index contributed by atoms with van der Waals surface area (Å²) in [6, 6.07) is 16.4. The molecule has 0 spiro atoms. The molecule has 0 N–H and O–H groups in total. The van der Waals surface area contributed by atoms with Gasteiger partial charge in [0.05, 0.1) is 13.2 Å². The summed E-state index contributed by atoms with van der Waals surface area (Å²) >= 11 is 1.72. The number of rotatable bonds is 6. The largest absolute Gasteiger partial charge is 0.497 e. The van der Waals surface area contributed by atoms with Crippen LogP contribution in [0.5, 0.6) is 5.75 Å². The molecule has 1 saturated heterocycles. The van der Waals surface area contributed by atoms with Crippen LogP contribution in [0.15, 0.2) is 53.7 Å². The highest BCUT2D eigenvalue weighted by Gasteiger charge is 2.19. The Morgan fingerprint density at radius 2 is 1.86 bits per heavy atom. The summed E-state index contributed by atoms with van der Waals surface area (Å²) in [4.78, 5) is 0. The van der Waals surface area contributed by atoms with Gasteiger partial charge in [-0.15, -0.1) is 10.2 Å². The molecule has 3 aromatic rings. The SMILES string of the molecule is COc1ccc(-c2nnc(SC[C@@H]3CCCCO3)n2-c2ccc(C)cc2)cc1. The van der Waals surface area contributed by atoms with E-state index >= 15 is 0 Å². The molecule has 1 atom stereocenters. The molecule has 146 valence electrons. The van der Waals surface area contributed by atoms with Gasteiger partial charge in [0, 0.05) is 23.6 Å². The van der Waals surface area contributed by atoms with E-state index in [1.54, 1.807) is 18.9 Å². The Bertz CT molecular complexity index is 901. The number of benzene rings is 2. The van der Waals surface area contributed by atoms with Crippen molar-refractivity contribution in [3.63, 3.8) is 0 Å². The maximum Gasteiger partial charge on any atom is 0.196 e. The van der Waals surface area contributed by atoms with Gasteiger partial charge >= 0.3 is 0 Å². The van der Waals surface area contributed by atoms with Gasteiger partial charge in [-0.25, -0.2) is 0 Å². The number of aryl methyl sites for hydroxylation is 1. The summed E-state index contributed by atoms with van der Waals surface area (Å²) in [5, 5.41) is 9.91. The molecular weight excluding hydrogens is 370 g/mol. The monoisotopic (exact) mass is 395 g/mol. The molecule has 1 fully saturated rings. The van der Waals surface area contributed by atoms with Crippen molar-refractivity contribution >= 4 is 11.8 Å². The van der Waals surface area contributed by atoms with Crippen LogP contribution < -0.4 is 4.74 Å². The number of hydrogen-bond donors (Lipinski definition) is 0. The van der Waals surface area contributed by atoms with Crippen molar-refractivity contribution in [1.29, 1.82) is 0 Å². The van der Waals surface area contributed by atoms with E-state index in [1.807, 2.05) is 24.3 Å². The number of thioether (sulfide) groups is 1. The van der Waals surface area contributed by atoms with E-state index in [-0.39, 0.29) is 0 Å². The molecule has 28 heavy (non-hydrogen) atoms. The summed E-state index contributed by atoms with van der Waals surface area (Å²) in [5.41, 5.74) is 3.30. The normalized spacial score (nSPS) is 16.9. The van der Waals surface area contributed by atoms with Crippen LogP contribution in [0.4, 0.5) is 0 Å². The fourth-order valence-corrected chi connectivity index (χ4v) is 4.34. The Morgan fingerprint density at radius 3 is 2.54 bits per heavy atom. The van der Waals surface area contributed by atoms with Crippen molar-refractivity contribution in [2.75, 3.05) is 19.5 Å². The summed E-state index contributed by atoms with van der Waals surface area (Å²) in [6.45, 7) is 2.96. The van der Waals surface area contributed by atoms with E-state index < -0.39 is 0 Å². The maximum atomic E-state index is 5.89. The topological polar surface area (TPSA) is 49.2 Å². The minimum absolute atomic E-state index is 0.298. The van der Waals surface area contributed by atoms with Crippen molar-refractivity contribution in [3.05, 3.63) is 54.1 Å². The van der Waals surface area contributed by atoms with Crippen LogP contribution in [0.25, 0.3) is 17.1 Å². The summed E-state index contributed by atoms with van der Waals surface area (Å²) < 4.78 is 13.3. The zero-order chi connectivity index (χ0) is 19.3. The molecule has 0 amide bonds. The average molecular weight is 396 g/mol. The van der Waals surface area contributed by atoms with Crippen molar-refractivity contribution in [2.45, 2.75) is 37.4 Å². The lowest BCUT2D eigenvalue weighted by Gasteiger charge is -2.22. The zero-order valence-electron chi connectivity index (χ0n) is 16.3. The first kappa shape index (κ1) is 19.0. The molecule has 0 bridgehead atoms. The molecular formula is C22H25N3O2S. The van der Waals surface area contributed by atoms with Crippen molar-refractivity contribution in [2.24, 2.45) is 0 Å². The predicted octanol–water partition coefficient (Wildman–Crippen LogP) is 4.91. The Hall–Kier alpha value is -2.31. The molecule has 0 unspecified atom stereocenters. The van der Waals surface area contributed by atoms with E-state index in [1.165, 1.54) is 18.4 Å². The molecule has 1 aliphatic rings. The standard InChI is InChI=1S/C22H25N3O2S/c1-16-6-10-18(11-7-16)25-21(17-8-12-19(26-2)13-9-17)23-24-22(25)28-15-20-5-3-4-14-27-20/h6-13,20H,3-5,14-15H2,1-2H3/t20-/m0/s1. The Morgan fingerprint density at radius 1 is 1.07 bits per heavy atom. The molecule has 0 aliphatic carbocycles. The molecule has 1 aliphatic heterocycles. The van der Waals surface area contributed by atoms with Crippen LogP contribution in [0.3, 0.4) is 0 Å². The zero-order valence-corrected chi connectivity index (χ0v) is 17.1. The lowest BCUT2D eigenvalue weighted by molar-refractivity contribution is 0.0315. The van der Waals surface area contributed by atoms with Crippen molar-refractivity contribution in [3.8, 4) is 22.8 Å². The predicted molar refractivity (Wildman–Crippen MR) is 112 cm³/mol. The minimum atomic E-state index is 0.298. The van der Waals surface area contributed by atoms with Gasteiger partial charge in [-0.3, -0.25) is 4.57 Å². The lowest BCUT2D eigenvalue weighted by Crippen LogP contribution is -2.21. The number of nitrogens with zero attached hydrogens (tertiary/aromatic N) is 3. The van der Waals surface area contributed by atoms with Gasteiger partial charge in [-0.2, -0.15) is 0 Å². The Kier molecular flexibility index (Phi) is 5.98.